The van der Waals surface area contributed by atoms with E-state index < -0.39 is 0 Å². The van der Waals surface area contributed by atoms with Crippen LogP contribution < -0.4 is 10.5 Å². The first-order valence-corrected chi connectivity index (χ1v) is 7.34. The molecular weight excluding hydrogens is 252 g/mol. The van der Waals surface area contributed by atoms with Gasteiger partial charge < -0.3 is 15.4 Å². The number of hydrogen-bond acceptors (Lipinski definition) is 3. The maximum Gasteiger partial charge on any atom is 0.260 e. The van der Waals surface area contributed by atoms with Crippen molar-refractivity contribution in [2.45, 2.75) is 38.6 Å². The molecular formula is C16H24N2O2. The van der Waals surface area contributed by atoms with E-state index in [0.29, 0.717) is 12.5 Å². The molecule has 1 amide bonds. The molecule has 0 radical (unpaired) electrons. The molecule has 1 aliphatic rings. The van der Waals surface area contributed by atoms with Crippen molar-refractivity contribution < 1.29 is 9.53 Å². The standard InChI is InChI=1S/C16H24N2O2/c1-12(2)13-5-3-7-15(9-13)20-11-16(19)18-8-4-6-14(18)10-17/h3,5,7,9,12,14H,4,6,8,10-11,17H2,1-2H3. The van der Waals surface area contributed by atoms with Gasteiger partial charge in [-0.25, -0.2) is 0 Å². The van der Waals surface area contributed by atoms with Crippen molar-refractivity contribution >= 4 is 5.91 Å². The number of nitrogens with two attached hydrogens (primary N) is 1. The minimum atomic E-state index is 0.0351. The largest absolute Gasteiger partial charge is 0.484 e. The van der Waals surface area contributed by atoms with E-state index in [1.165, 1.54) is 5.56 Å². The Hall–Kier alpha value is -1.55. The van der Waals surface area contributed by atoms with Gasteiger partial charge in [0.15, 0.2) is 6.61 Å². The van der Waals surface area contributed by atoms with E-state index in [1.54, 1.807) is 0 Å². The van der Waals surface area contributed by atoms with Gasteiger partial charge in [-0.1, -0.05) is 26.0 Å². The van der Waals surface area contributed by atoms with Crippen molar-refractivity contribution in [3.05, 3.63) is 29.8 Å². The Morgan fingerprint density at radius 3 is 3.00 bits per heavy atom. The second-order valence-electron chi connectivity index (χ2n) is 5.63. The predicted molar refractivity (Wildman–Crippen MR) is 79.8 cm³/mol. The number of amides is 1. The number of likely N-dealkylation sites (tertiary alicyclic amines) is 1. The molecule has 0 bridgehead atoms. The number of nitrogens with zero attached hydrogens (tertiary/aromatic N) is 1. The van der Waals surface area contributed by atoms with Crippen LogP contribution in [0, 0.1) is 0 Å². The molecule has 110 valence electrons. The van der Waals surface area contributed by atoms with Crippen molar-refractivity contribution in [3.8, 4) is 5.75 Å². The fourth-order valence-corrected chi connectivity index (χ4v) is 2.60. The summed E-state index contributed by atoms with van der Waals surface area (Å²) in [7, 11) is 0. The highest BCUT2D eigenvalue weighted by atomic mass is 16.5. The molecule has 2 rings (SSSR count). The summed E-state index contributed by atoms with van der Waals surface area (Å²) in [5.41, 5.74) is 6.91. The van der Waals surface area contributed by atoms with E-state index in [-0.39, 0.29) is 18.6 Å². The topological polar surface area (TPSA) is 55.6 Å². The monoisotopic (exact) mass is 276 g/mol. The number of rotatable bonds is 5. The van der Waals surface area contributed by atoms with Crippen LogP contribution in [0.1, 0.15) is 38.2 Å². The molecule has 1 aliphatic heterocycles. The summed E-state index contributed by atoms with van der Waals surface area (Å²) in [5.74, 6) is 1.25. The van der Waals surface area contributed by atoms with Crippen LogP contribution in [-0.2, 0) is 4.79 Å². The zero-order valence-electron chi connectivity index (χ0n) is 12.3. The molecule has 1 fully saturated rings. The highest BCUT2D eigenvalue weighted by molar-refractivity contribution is 5.78. The zero-order valence-corrected chi connectivity index (χ0v) is 12.3. The minimum absolute atomic E-state index is 0.0351. The van der Waals surface area contributed by atoms with Gasteiger partial charge in [-0.05, 0) is 36.5 Å². The minimum Gasteiger partial charge on any atom is -0.484 e. The summed E-state index contributed by atoms with van der Waals surface area (Å²) in [5, 5.41) is 0. The first kappa shape index (κ1) is 14.9. The zero-order chi connectivity index (χ0) is 14.5. The predicted octanol–water partition coefficient (Wildman–Crippen LogP) is 2.14. The third-order valence-corrected chi connectivity index (χ3v) is 3.86. The van der Waals surface area contributed by atoms with Gasteiger partial charge in [0.25, 0.3) is 5.91 Å². The molecule has 0 spiro atoms. The van der Waals surface area contributed by atoms with Crippen LogP contribution in [0.4, 0.5) is 0 Å². The average Bonchev–Trinajstić information content (AvgIpc) is 2.93. The van der Waals surface area contributed by atoms with E-state index in [4.69, 9.17) is 10.5 Å². The van der Waals surface area contributed by atoms with Gasteiger partial charge in [0.2, 0.25) is 0 Å². The molecule has 0 aromatic heterocycles. The Morgan fingerprint density at radius 1 is 1.50 bits per heavy atom. The van der Waals surface area contributed by atoms with Crippen molar-refractivity contribution in [2.24, 2.45) is 5.73 Å². The van der Waals surface area contributed by atoms with Gasteiger partial charge in [-0.3, -0.25) is 4.79 Å². The van der Waals surface area contributed by atoms with Crippen LogP contribution in [0.15, 0.2) is 24.3 Å². The van der Waals surface area contributed by atoms with Gasteiger partial charge in [-0.15, -0.1) is 0 Å². The van der Waals surface area contributed by atoms with Gasteiger partial charge >= 0.3 is 0 Å². The number of benzene rings is 1. The van der Waals surface area contributed by atoms with Gasteiger partial charge in [0, 0.05) is 19.1 Å². The van der Waals surface area contributed by atoms with Gasteiger partial charge in [0.1, 0.15) is 5.75 Å². The van der Waals surface area contributed by atoms with E-state index in [1.807, 2.05) is 23.1 Å². The quantitative estimate of drug-likeness (QED) is 0.896. The summed E-state index contributed by atoms with van der Waals surface area (Å²) in [6, 6.07) is 8.12. The molecule has 1 unspecified atom stereocenters. The molecule has 1 aromatic carbocycles. The van der Waals surface area contributed by atoms with Crippen molar-refractivity contribution in [2.75, 3.05) is 19.7 Å². The molecule has 4 heteroatoms. The van der Waals surface area contributed by atoms with Crippen LogP contribution >= 0.6 is 0 Å². The number of hydrogen-bond donors (Lipinski definition) is 1. The molecule has 0 aliphatic carbocycles. The van der Waals surface area contributed by atoms with Crippen LogP contribution in [0.3, 0.4) is 0 Å². The summed E-state index contributed by atoms with van der Waals surface area (Å²) in [6.45, 7) is 5.71. The molecule has 1 heterocycles. The van der Waals surface area contributed by atoms with Crippen LogP contribution in [0.2, 0.25) is 0 Å². The molecule has 0 saturated carbocycles. The third-order valence-electron chi connectivity index (χ3n) is 3.86. The van der Waals surface area contributed by atoms with Crippen molar-refractivity contribution in [1.82, 2.24) is 4.90 Å². The lowest BCUT2D eigenvalue weighted by Gasteiger charge is -2.23. The normalized spacial score (nSPS) is 18.6. The Balaban J connectivity index is 1.91. The molecule has 20 heavy (non-hydrogen) atoms. The Kier molecular flexibility index (Phi) is 5.01. The van der Waals surface area contributed by atoms with Crippen molar-refractivity contribution in [1.29, 1.82) is 0 Å². The van der Waals surface area contributed by atoms with E-state index >= 15 is 0 Å². The highest BCUT2D eigenvalue weighted by Gasteiger charge is 2.27. The molecule has 1 saturated heterocycles. The summed E-state index contributed by atoms with van der Waals surface area (Å²) >= 11 is 0. The van der Waals surface area contributed by atoms with E-state index in [9.17, 15) is 4.79 Å². The number of carbonyl (C=O) groups is 1. The summed E-state index contributed by atoms with van der Waals surface area (Å²) in [6.07, 6.45) is 2.04. The second kappa shape index (κ2) is 6.75. The Labute approximate surface area is 120 Å². The molecule has 4 nitrogen and oxygen atoms in total. The third kappa shape index (κ3) is 3.51. The SMILES string of the molecule is CC(C)c1cccc(OCC(=O)N2CCCC2CN)c1. The molecule has 1 aromatic rings. The van der Waals surface area contributed by atoms with E-state index in [0.717, 1.165) is 25.1 Å². The fraction of sp³-hybridized carbons (Fsp3) is 0.562. The number of carbonyl (C=O) groups excluding carboxylic acids is 1. The van der Waals surface area contributed by atoms with Crippen LogP contribution in [0.25, 0.3) is 0 Å². The maximum atomic E-state index is 12.2. The smallest absolute Gasteiger partial charge is 0.260 e. The molecule has 2 N–H and O–H groups in total. The maximum absolute atomic E-state index is 12.2. The first-order chi connectivity index (χ1) is 9.61. The lowest BCUT2D eigenvalue weighted by atomic mass is 10.0. The van der Waals surface area contributed by atoms with Crippen LogP contribution in [0.5, 0.6) is 5.75 Å². The van der Waals surface area contributed by atoms with E-state index in [2.05, 4.69) is 19.9 Å². The lowest BCUT2D eigenvalue weighted by Crippen LogP contribution is -2.42. The fourth-order valence-electron chi connectivity index (χ4n) is 2.60. The van der Waals surface area contributed by atoms with Crippen LogP contribution in [-0.4, -0.2) is 36.5 Å². The highest BCUT2D eigenvalue weighted by Crippen LogP contribution is 2.21. The van der Waals surface area contributed by atoms with Crippen molar-refractivity contribution in [3.63, 3.8) is 0 Å². The average molecular weight is 276 g/mol. The summed E-state index contributed by atoms with van der Waals surface area (Å²) in [4.78, 5) is 14.0. The Morgan fingerprint density at radius 2 is 2.30 bits per heavy atom. The van der Waals surface area contributed by atoms with Gasteiger partial charge in [-0.2, -0.15) is 0 Å². The van der Waals surface area contributed by atoms with Gasteiger partial charge in [0.05, 0.1) is 0 Å². The molecule has 1 atom stereocenters. The lowest BCUT2D eigenvalue weighted by molar-refractivity contribution is -0.134. The number of ether oxygens (including phenoxy) is 1. The summed E-state index contributed by atoms with van der Waals surface area (Å²) < 4.78 is 5.63. The second-order valence-corrected chi connectivity index (χ2v) is 5.63. The first-order valence-electron chi connectivity index (χ1n) is 7.34. The Bertz CT molecular complexity index is 460.